The topological polar surface area (TPSA) is 88.5 Å². The predicted octanol–water partition coefficient (Wildman–Crippen LogP) is 3.71. The molecular weight excluding hydrogens is 504 g/mol. The Hall–Kier alpha value is -2.77. The third-order valence-electron chi connectivity index (χ3n) is 6.79. The first kappa shape index (κ1) is 28.2. The molecule has 4 rings (SSSR count). The van der Waals surface area contributed by atoms with Crippen molar-refractivity contribution < 1.29 is 27.7 Å². The Morgan fingerprint density at radius 1 is 1.11 bits per heavy atom. The highest BCUT2D eigenvalue weighted by atomic mass is 32.2. The van der Waals surface area contributed by atoms with Gasteiger partial charge >= 0.3 is 0 Å². The Morgan fingerprint density at radius 3 is 2.61 bits per heavy atom. The Labute approximate surface area is 226 Å². The van der Waals surface area contributed by atoms with E-state index >= 15 is 0 Å². The van der Waals surface area contributed by atoms with Crippen LogP contribution >= 0.6 is 0 Å². The number of hydrogen-bond acceptors (Lipinski definition) is 7. The summed E-state index contributed by atoms with van der Waals surface area (Å²) in [5.74, 6) is 8.40. The molecule has 9 heteroatoms. The van der Waals surface area contributed by atoms with Gasteiger partial charge in [0.25, 0.3) is 0 Å². The van der Waals surface area contributed by atoms with Gasteiger partial charge in [-0.25, -0.2) is 8.42 Å². The van der Waals surface area contributed by atoms with E-state index < -0.39 is 16.1 Å². The molecule has 206 valence electrons. The van der Waals surface area contributed by atoms with Crippen LogP contribution in [0.15, 0.2) is 41.3 Å². The lowest BCUT2D eigenvalue weighted by molar-refractivity contribution is 0.0733. The van der Waals surface area contributed by atoms with Crippen LogP contribution in [0.3, 0.4) is 0 Å². The van der Waals surface area contributed by atoms with Gasteiger partial charge in [0.2, 0.25) is 16.8 Å². The van der Waals surface area contributed by atoms with E-state index in [1.54, 1.807) is 25.1 Å². The maximum absolute atomic E-state index is 13.7. The highest BCUT2D eigenvalue weighted by molar-refractivity contribution is 7.89. The van der Waals surface area contributed by atoms with Crippen LogP contribution in [0.2, 0.25) is 0 Å². The van der Waals surface area contributed by atoms with Gasteiger partial charge in [-0.2, -0.15) is 4.31 Å². The minimum absolute atomic E-state index is 0.0996. The third kappa shape index (κ3) is 6.44. The van der Waals surface area contributed by atoms with Crippen LogP contribution in [0.4, 0.5) is 0 Å². The third-order valence-corrected chi connectivity index (χ3v) is 8.81. The normalized spacial score (nSPS) is 21.2. The number of sulfonamides is 1. The molecule has 8 nitrogen and oxygen atoms in total. The highest BCUT2D eigenvalue weighted by Gasteiger charge is 2.38. The molecule has 2 aliphatic rings. The molecule has 2 aromatic carbocycles. The molecule has 0 radical (unpaired) electrons. The second-order valence-electron chi connectivity index (χ2n) is 10.7. The van der Waals surface area contributed by atoms with Gasteiger partial charge in [-0.3, -0.25) is 4.90 Å². The number of likely N-dealkylation sites (N-methyl/N-ethyl adjacent to an activating group) is 1. The number of rotatable bonds is 7. The summed E-state index contributed by atoms with van der Waals surface area (Å²) in [4.78, 5) is 2.25. The Kier molecular flexibility index (Phi) is 8.89. The van der Waals surface area contributed by atoms with E-state index in [2.05, 4.69) is 30.6 Å². The lowest BCUT2D eigenvalue weighted by atomic mass is 10.0. The first-order chi connectivity index (χ1) is 18.1. The number of nitrogens with zero attached hydrogens (tertiary/aromatic N) is 2. The van der Waals surface area contributed by atoms with Crippen molar-refractivity contribution in [3.63, 3.8) is 0 Å². The first-order valence-corrected chi connectivity index (χ1v) is 14.5. The van der Waals surface area contributed by atoms with Gasteiger partial charge in [0.15, 0.2) is 11.5 Å². The first-order valence-electron chi connectivity index (χ1n) is 13.1. The van der Waals surface area contributed by atoms with Crippen LogP contribution in [0.5, 0.6) is 17.2 Å². The minimum atomic E-state index is -3.88. The molecule has 2 aliphatic heterocycles. The molecule has 0 fully saturated rings. The Morgan fingerprint density at radius 2 is 1.87 bits per heavy atom. The van der Waals surface area contributed by atoms with Crippen LogP contribution in [0.1, 0.15) is 45.2 Å². The molecule has 0 saturated heterocycles. The van der Waals surface area contributed by atoms with Gasteiger partial charge in [-0.15, -0.1) is 0 Å². The second kappa shape index (κ2) is 12.0. The molecule has 0 unspecified atom stereocenters. The summed E-state index contributed by atoms with van der Waals surface area (Å²) in [5.41, 5.74) is 1.79. The van der Waals surface area contributed by atoms with Crippen molar-refractivity contribution >= 4 is 10.0 Å². The molecular formula is C29H38N2O6S. The fraction of sp³-hybridized carbons (Fsp3) is 0.517. The number of aliphatic hydroxyl groups excluding tert-OH is 1. The van der Waals surface area contributed by atoms with Gasteiger partial charge in [-0.05, 0) is 55.8 Å². The van der Waals surface area contributed by atoms with Crippen molar-refractivity contribution in [2.75, 3.05) is 33.5 Å². The number of benzene rings is 2. The largest absolute Gasteiger partial charge is 0.487 e. The molecule has 3 atom stereocenters. The summed E-state index contributed by atoms with van der Waals surface area (Å²) in [6.07, 6.45) is 0.457. The summed E-state index contributed by atoms with van der Waals surface area (Å²) in [7, 11) is -1.87. The maximum Gasteiger partial charge on any atom is 0.247 e. The van der Waals surface area contributed by atoms with E-state index in [4.69, 9.17) is 14.2 Å². The van der Waals surface area contributed by atoms with Crippen molar-refractivity contribution in [1.82, 2.24) is 9.21 Å². The number of fused-ring (bicyclic) bond motifs is 2. The lowest BCUT2D eigenvalue weighted by Gasteiger charge is -2.37. The average molecular weight is 543 g/mol. The minimum Gasteiger partial charge on any atom is -0.487 e. The monoisotopic (exact) mass is 542 g/mol. The molecule has 0 amide bonds. The fourth-order valence-electron chi connectivity index (χ4n) is 4.60. The van der Waals surface area contributed by atoms with E-state index in [1.807, 2.05) is 32.2 Å². The summed E-state index contributed by atoms with van der Waals surface area (Å²) in [5, 5.41) is 9.86. The number of hydrogen-bond donors (Lipinski definition) is 1. The molecule has 2 heterocycles. The molecule has 0 aliphatic carbocycles. The summed E-state index contributed by atoms with van der Waals surface area (Å²) in [6.45, 7) is 9.35. The molecule has 0 bridgehead atoms. The van der Waals surface area contributed by atoms with Crippen molar-refractivity contribution in [1.29, 1.82) is 0 Å². The summed E-state index contributed by atoms with van der Waals surface area (Å²) >= 11 is 0. The second-order valence-corrected chi connectivity index (χ2v) is 12.5. The van der Waals surface area contributed by atoms with E-state index in [9.17, 15) is 13.5 Å². The van der Waals surface area contributed by atoms with Crippen LogP contribution < -0.4 is 14.2 Å². The van der Waals surface area contributed by atoms with Crippen molar-refractivity contribution in [3.05, 3.63) is 47.5 Å². The van der Waals surface area contributed by atoms with E-state index in [0.29, 0.717) is 30.3 Å². The lowest BCUT2D eigenvalue weighted by Crippen LogP contribution is -2.49. The van der Waals surface area contributed by atoms with E-state index in [-0.39, 0.29) is 36.9 Å². The van der Waals surface area contributed by atoms with Crippen LogP contribution in [0.25, 0.3) is 0 Å². The van der Waals surface area contributed by atoms with Crippen LogP contribution in [-0.4, -0.2) is 68.4 Å². The maximum atomic E-state index is 13.7. The van der Waals surface area contributed by atoms with Crippen molar-refractivity contribution in [2.45, 2.75) is 57.7 Å². The molecule has 1 N–H and O–H groups in total. The smallest absolute Gasteiger partial charge is 0.247 e. The summed E-state index contributed by atoms with van der Waals surface area (Å²) in [6, 6.07) is 10.4. The van der Waals surface area contributed by atoms with Gasteiger partial charge < -0.3 is 19.3 Å². The van der Waals surface area contributed by atoms with Crippen LogP contribution in [-0.2, 0) is 16.6 Å². The Balaban J connectivity index is 1.63. The highest BCUT2D eigenvalue weighted by Crippen LogP contribution is 2.35. The average Bonchev–Trinajstić information content (AvgIpc) is 3.33. The van der Waals surface area contributed by atoms with Crippen molar-refractivity contribution in [2.24, 2.45) is 11.8 Å². The number of aliphatic hydroxyl groups is 1. The summed E-state index contributed by atoms with van der Waals surface area (Å²) < 4.78 is 46.1. The van der Waals surface area contributed by atoms with Crippen LogP contribution in [0, 0.1) is 23.7 Å². The zero-order valence-electron chi connectivity index (χ0n) is 22.8. The van der Waals surface area contributed by atoms with Crippen molar-refractivity contribution in [3.8, 4) is 29.1 Å². The SMILES string of the molecule is CC(C)CC#Cc1ccc2c(c1)O[C@H](CN(C)Cc1ccc3c(c1)OCO3)[C@H](C)CN([C@H](C)CO)S2(=O)=O. The van der Waals surface area contributed by atoms with Gasteiger partial charge in [0.05, 0.1) is 6.61 Å². The zero-order valence-corrected chi connectivity index (χ0v) is 23.6. The van der Waals surface area contributed by atoms with Gasteiger partial charge in [0, 0.05) is 43.6 Å². The molecule has 0 saturated carbocycles. The molecule has 0 spiro atoms. The van der Waals surface area contributed by atoms with E-state index in [1.165, 1.54) is 4.31 Å². The quantitative estimate of drug-likeness (QED) is 0.534. The Bertz CT molecular complexity index is 1300. The van der Waals surface area contributed by atoms with Gasteiger partial charge in [-0.1, -0.05) is 38.7 Å². The number of ether oxygens (including phenoxy) is 3. The molecule has 38 heavy (non-hydrogen) atoms. The fourth-order valence-corrected chi connectivity index (χ4v) is 6.43. The zero-order chi connectivity index (χ0) is 27.4. The standard InChI is InChI=1S/C29H38N2O6S/c1-20(2)7-6-8-23-10-12-29-27(13-23)37-28(21(3)15-31(22(4)18-32)38(29,33)34)17-30(5)16-24-9-11-25-26(14-24)36-19-35-25/h9-14,20-22,28,32H,7,15-19H2,1-5H3/t21-,22-,28-/m1/s1. The van der Waals surface area contributed by atoms with E-state index in [0.717, 1.165) is 23.5 Å². The van der Waals surface area contributed by atoms with Gasteiger partial charge in [0.1, 0.15) is 16.7 Å². The molecule has 0 aromatic heterocycles. The molecule has 2 aromatic rings. The predicted molar refractivity (Wildman–Crippen MR) is 146 cm³/mol.